The summed E-state index contributed by atoms with van der Waals surface area (Å²) >= 11 is 7.34. The minimum atomic E-state index is -0.320. The van der Waals surface area contributed by atoms with E-state index in [1.807, 2.05) is 48.5 Å². The third-order valence-corrected chi connectivity index (χ3v) is 5.71. The summed E-state index contributed by atoms with van der Waals surface area (Å²) < 4.78 is 15.0. The summed E-state index contributed by atoms with van der Waals surface area (Å²) in [7, 11) is 0. The molecule has 0 spiro atoms. The molecule has 4 rings (SSSR count). The first kappa shape index (κ1) is 21.1. The third kappa shape index (κ3) is 5.51. The number of hydrogen-bond donors (Lipinski definition) is 1. The molecule has 0 aliphatic heterocycles. The second kappa shape index (κ2) is 9.76. The number of fused-ring (bicyclic) bond motifs is 1. The number of hydrogen-bond acceptors (Lipinski definition) is 4. The SMILES string of the molecule is O=C(CSc1nc2ccccc2n1Cc1ccc(Cl)cc1)N/N=C\c1ccc(F)cc1. The fourth-order valence-electron chi connectivity index (χ4n) is 2.98. The van der Waals surface area contributed by atoms with Gasteiger partial charge >= 0.3 is 0 Å². The maximum Gasteiger partial charge on any atom is 0.250 e. The van der Waals surface area contributed by atoms with Crippen LogP contribution in [0, 0.1) is 5.82 Å². The van der Waals surface area contributed by atoms with Gasteiger partial charge in [-0.3, -0.25) is 4.79 Å². The number of carbonyl (C=O) groups is 1. The number of aromatic nitrogens is 2. The highest BCUT2D eigenvalue weighted by atomic mass is 35.5. The Labute approximate surface area is 187 Å². The van der Waals surface area contributed by atoms with Crippen molar-refractivity contribution in [1.82, 2.24) is 15.0 Å². The lowest BCUT2D eigenvalue weighted by molar-refractivity contribution is -0.118. The quantitative estimate of drug-likeness (QED) is 0.240. The van der Waals surface area contributed by atoms with Crippen molar-refractivity contribution in [3.05, 3.63) is 94.8 Å². The number of imidazole rings is 1. The van der Waals surface area contributed by atoms with Crippen LogP contribution in [0.3, 0.4) is 0 Å². The Kier molecular flexibility index (Phi) is 6.64. The van der Waals surface area contributed by atoms with Crippen molar-refractivity contribution in [2.24, 2.45) is 5.10 Å². The van der Waals surface area contributed by atoms with Crippen LogP contribution in [0.25, 0.3) is 11.0 Å². The second-order valence-electron chi connectivity index (χ2n) is 6.73. The highest BCUT2D eigenvalue weighted by Gasteiger charge is 2.13. The molecule has 0 unspecified atom stereocenters. The molecular formula is C23H18ClFN4OS. The number of thioether (sulfide) groups is 1. The number of rotatable bonds is 7. The lowest BCUT2D eigenvalue weighted by atomic mass is 10.2. The molecule has 1 aromatic heterocycles. The van der Waals surface area contributed by atoms with Crippen LogP contribution in [0.1, 0.15) is 11.1 Å². The normalized spacial score (nSPS) is 11.3. The van der Waals surface area contributed by atoms with E-state index >= 15 is 0 Å². The van der Waals surface area contributed by atoms with Crippen LogP contribution in [0.4, 0.5) is 4.39 Å². The van der Waals surface area contributed by atoms with Crippen molar-refractivity contribution in [1.29, 1.82) is 0 Å². The van der Waals surface area contributed by atoms with Crippen molar-refractivity contribution in [2.75, 3.05) is 5.75 Å². The zero-order valence-electron chi connectivity index (χ0n) is 16.3. The number of amides is 1. The summed E-state index contributed by atoms with van der Waals surface area (Å²) in [4.78, 5) is 16.9. The van der Waals surface area contributed by atoms with Gasteiger partial charge in [0.05, 0.1) is 29.5 Å². The van der Waals surface area contributed by atoms with Crippen LogP contribution in [0.5, 0.6) is 0 Å². The molecule has 1 N–H and O–H groups in total. The molecule has 0 radical (unpaired) electrons. The van der Waals surface area contributed by atoms with Crippen molar-refractivity contribution >= 4 is 46.5 Å². The Morgan fingerprint density at radius 2 is 1.84 bits per heavy atom. The van der Waals surface area contributed by atoms with Gasteiger partial charge in [-0.2, -0.15) is 5.10 Å². The Bertz CT molecular complexity index is 1220. The molecule has 5 nitrogen and oxygen atoms in total. The summed E-state index contributed by atoms with van der Waals surface area (Å²) in [6.07, 6.45) is 1.47. The molecule has 0 fully saturated rings. The molecule has 0 saturated carbocycles. The molecule has 3 aromatic carbocycles. The zero-order chi connectivity index (χ0) is 21.6. The lowest BCUT2D eigenvalue weighted by Crippen LogP contribution is -2.20. The highest BCUT2D eigenvalue weighted by molar-refractivity contribution is 7.99. The Hall–Kier alpha value is -3.16. The van der Waals surface area contributed by atoms with Crippen LogP contribution >= 0.6 is 23.4 Å². The van der Waals surface area contributed by atoms with Crippen LogP contribution in [0.2, 0.25) is 5.02 Å². The Morgan fingerprint density at radius 3 is 2.61 bits per heavy atom. The van der Waals surface area contributed by atoms with Gasteiger partial charge in [0.15, 0.2) is 5.16 Å². The first-order chi connectivity index (χ1) is 15.1. The van der Waals surface area contributed by atoms with Crippen molar-refractivity contribution in [3.8, 4) is 0 Å². The monoisotopic (exact) mass is 452 g/mol. The Morgan fingerprint density at radius 1 is 1.10 bits per heavy atom. The number of hydrazone groups is 1. The predicted octanol–water partition coefficient (Wildman–Crippen LogP) is 5.12. The summed E-state index contributed by atoms with van der Waals surface area (Å²) in [6, 6.07) is 21.4. The van der Waals surface area contributed by atoms with Crippen LogP contribution in [-0.4, -0.2) is 27.4 Å². The van der Waals surface area contributed by atoms with E-state index in [4.69, 9.17) is 11.6 Å². The van der Waals surface area contributed by atoms with E-state index in [1.54, 1.807) is 12.1 Å². The summed E-state index contributed by atoms with van der Waals surface area (Å²) in [6.45, 7) is 0.615. The average molecular weight is 453 g/mol. The zero-order valence-corrected chi connectivity index (χ0v) is 17.9. The van der Waals surface area contributed by atoms with Crippen molar-refractivity contribution in [3.63, 3.8) is 0 Å². The molecule has 0 aliphatic rings. The highest BCUT2D eigenvalue weighted by Crippen LogP contribution is 2.25. The van der Waals surface area contributed by atoms with Gasteiger partial charge in [0, 0.05) is 5.02 Å². The fraction of sp³-hybridized carbons (Fsp3) is 0.0870. The molecule has 1 amide bonds. The van der Waals surface area contributed by atoms with Gasteiger partial charge in [0.2, 0.25) is 0 Å². The summed E-state index contributed by atoms with van der Waals surface area (Å²) in [5.74, 6) is -0.419. The van der Waals surface area contributed by atoms with E-state index in [-0.39, 0.29) is 17.5 Å². The van der Waals surface area contributed by atoms with Crippen molar-refractivity contribution < 1.29 is 9.18 Å². The number of halogens is 2. The lowest BCUT2D eigenvalue weighted by Gasteiger charge is -2.09. The third-order valence-electron chi connectivity index (χ3n) is 4.48. The number of nitrogens with one attached hydrogen (secondary N) is 1. The minimum absolute atomic E-state index is 0.157. The maximum absolute atomic E-state index is 12.9. The number of carbonyl (C=O) groups excluding carboxylic acids is 1. The standard InChI is InChI=1S/C23H18ClFN4OS/c24-18-9-5-17(6-10-18)14-29-21-4-2-1-3-20(21)27-23(29)31-15-22(30)28-26-13-16-7-11-19(25)12-8-16/h1-13H,14-15H2,(H,28,30)/b26-13-. The van der Waals surface area contributed by atoms with E-state index < -0.39 is 0 Å². The molecule has 31 heavy (non-hydrogen) atoms. The molecule has 0 atom stereocenters. The minimum Gasteiger partial charge on any atom is -0.314 e. The second-order valence-corrected chi connectivity index (χ2v) is 8.11. The van der Waals surface area contributed by atoms with E-state index in [0.29, 0.717) is 17.1 Å². The van der Waals surface area contributed by atoms with Gasteiger partial charge in [-0.1, -0.05) is 59.8 Å². The van der Waals surface area contributed by atoms with Gasteiger partial charge in [-0.15, -0.1) is 0 Å². The molecule has 0 saturated heterocycles. The topological polar surface area (TPSA) is 59.3 Å². The van der Waals surface area contributed by atoms with Gasteiger partial charge < -0.3 is 4.57 Å². The molecule has 0 bridgehead atoms. The Balaban J connectivity index is 1.44. The molecular weight excluding hydrogens is 435 g/mol. The van der Waals surface area contributed by atoms with Crippen molar-refractivity contribution in [2.45, 2.75) is 11.7 Å². The van der Waals surface area contributed by atoms with E-state index in [2.05, 4.69) is 20.1 Å². The molecule has 8 heteroatoms. The van der Waals surface area contributed by atoms with Gasteiger partial charge in [0.1, 0.15) is 5.82 Å². The fourth-order valence-corrected chi connectivity index (χ4v) is 3.91. The van der Waals surface area contributed by atoms with Crippen LogP contribution in [0.15, 0.2) is 83.1 Å². The van der Waals surface area contributed by atoms with E-state index in [9.17, 15) is 9.18 Å². The first-order valence-electron chi connectivity index (χ1n) is 9.48. The van der Waals surface area contributed by atoms with Crippen LogP contribution < -0.4 is 5.43 Å². The van der Waals surface area contributed by atoms with E-state index in [0.717, 1.165) is 21.8 Å². The molecule has 156 valence electrons. The van der Waals surface area contributed by atoms with Crippen LogP contribution in [-0.2, 0) is 11.3 Å². The van der Waals surface area contributed by atoms with Gasteiger partial charge in [-0.25, -0.2) is 14.8 Å². The smallest absolute Gasteiger partial charge is 0.250 e. The first-order valence-corrected chi connectivity index (χ1v) is 10.8. The number of nitrogens with zero attached hydrogens (tertiary/aromatic N) is 3. The predicted molar refractivity (Wildman–Crippen MR) is 123 cm³/mol. The molecule has 0 aliphatic carbocycles. The largest absolute Gasteiger partial charge is 0.314 e. The summed E-state index contributed by atoms with van der Waals surface area (Å²) in [5, 5.41) is 5.36. The molecule has 4 aromatic rings. The molecule has 1 heterocycles. The maximum atomic E-state index is 12.9. The summed E-state index contributed by atoms with van der Waals surface area (Å²) in [5.41, 5.74) is 6.13. The van der Waals surface area contributed by atoms with Gasteiger partial charge in [-0.05, 0) is 47.5 Å². The average Bonchev–Trinajstić information content (AvgIpc) is 3.12. The van der Waals surface area contributed by atoms with Gasteiger partial charge in [0.25, 0.3) is 5.91 Å². The number of para-hydroxylation sites is 2. The number of benzene rings is 3. The van der Waals surface area contributed by atoms with E-state index in [1.165, 1.54) is 30.1 Å².